The molecule has 1 heterocycles. The van der Waals surface area contributed by atoms with Gasteiger partial charge in [0.05, 0.1) is 17.3 Å². The fourth-order valence-corrected chi connectivity index (χ4v) is 1.53. The molecule has 0 spiro atoms. The molecule has 14 heavy (non-hydrogen) atoms. The molecule has 0 amide bonds. The molecule has 0 fully saturated rings. The smallest absolute Gasteiger partial charge is 0.0785 e. The lowest BCUT2D eigenvalue weighted by atomic mass is 10.2. The van der Waals surface area contributed by atoms with Crippen molar-refractivity contribution in [3.8, 4) is 0 Å². The Morgan fingerprint density at radius 1 is 1.57 bits per heavy atom. The minimum absolute atomic E-state index is 0.411. The van der Waals surface area contributed by atoms with Crippen molar-refractivity contribution in [1.82, 2.24) is 15.1 Å². The van der Waals surface area contributed by atoms with E-state index in [1.165, 1.54) is 0 Å². The molecule has 1 N–H and O–H groups in total. The molecule has 3 nitrogen and oxygen atoms in total. The van der Waals surface area contributed by atoms with Gasteiger partial charge in [-0.05, 0) is 19.4 Å². The number of rotatable bonds is 6. The van der Waals surface area contributed by atoms with Crippen molar-refractivity contribution in [2.45, 2.75) is 32.7 Å². The first kappa shape index (κ1) is 11.5. The van der Waals surface area contributed by atoms with Crippen molar-refractivity contribution < 1.29 is 0 Å². The van der Waals surface area contributed by atoms with Crippen LogP contribution in [0.5, 0.6) is 0 Å². The van der Waals surface area contributed by atoms with Crippen molar-refractivity contribution in [2.75, 3.05) is 13.1 Å². The Morgan fingerprint density at radius 2 is 2.36 bits per heavy atom. The second-order valence-corrected chi connectivity index (χ2v) is 3.84. The van der Waals surface area contributed by atoms with Crippen molar-refractivity contribution in [3.05, 3.63) is 17.4 Å². The van der Waals surface area contributed by atoms with Crippen LogP contribution in [0.1, 0.15) is 32.7 Å². The van der Waals surface area contributed by atoms with Crippen molar-refractivity contribution in [2.24, 2.45) is 0 Å². The summed E-state index contributed by atoms with van der Waals surface area (Å²) in [5, 5.41) is 8.31. The minimum atomic E-state index is 0.411. The van der Waals surface area contributed by atoms with E-state index in [4.69, 9.17) is 11.6 Å². The van der Waals surface area contributed by atoms with Crippen LogP contribution >= 0.6 is 11.6 Å². The van der Waals surface area contributed by atoms with Crippen LogP contribution in [0.4, 0.5) is 0 Å². The van der Waals surface area contributed by atoms with E-state index in [0.717, 1.165) is 25.9 Å². The molecule has 1 aromatic rings. The normalized spacial score (nSPS) is 13.1. The number of aromatic nitrogens is 2. The van der Waals surface area contributed by atoms with Crippen LogP contribution in [0.2, 0.25) is 5.02 Å². The van der Waals surface area contributed by atoms with E-state index in [1.54, 1.807) is 6.20 Å². The third-order valence-electron chi connectivity index (χ3n) is 2.22. The van der Waals surface area contributed by atoms with Gasteiger partial charge in [-0.1, -0.05) is 25.4 Å². The molecule has 1 rings (SSSR count). The summed E-state index contributed by atoms with van der Waals surface area (Å²) in [6.45, 7) is 6.35. The highest BCUT2D eigenvalue weighted by molar-refractivity contribution is 6.30. The van der Waals surface area contributed by atoms with Crippen LogP contribution in [0, 0.1) is 0 Å². The van der Waals surface area contributed by atoms with Crippen LogP contribution in [0.15, 0.2) is 12.4 Å². The second kappa shape index (κ2) is 6.04. The third kappa shape index (κ3) is 3.31. The number of hydrogen-bond donors (Lipinski definition) is 1. The predicted octanol–water partition coefficient (Wildman–Crippen LogP) is 2.49. The maximum atomic E-state index is 5.82. The molecular formula is C10H18ClN3. The Morgan fingerprint density at radius 3 is 2.86 bits per heavy atom. The van der Waals surface area contributed by atoms with Crippen molar-refractivity contribution in [3.63, 3.8) is 0 Å². The van der Waals surface area contributed by atoms with Gasteiger partial charge in [-0.2, -0.15) is 5.10 Å². The van der Waals surface area contributed by atoms with E-state index >= 15 is 0 Å². The van der Waals surface area contributed by atoms with E-state index in [0.29, 0.717) is 11.1 Å². The zero-order chi connectivity index (χ0) is 10.4. The quantitative estimate of drug-likeness (QED) is 0.739. The first-order chi connectivity index (χ1) is 6.77. The van der Waals surface area contributed by atoms with Gasteiger partial charge in [-0.15, -0.1) is 0 Å². The average Bonchev–Trinajstić information content (AvgIpc) is 2.60. The van der Waals surface area contributed by atoms with E-state index in [1.807, 2.05) is 10.9 Å². The van der Waals surface area contributed by atoms with Gasteiger partial charge < -0.3 is 5.32 Å². The topological polar surface area (TPSA) is 29.9 Å². The van der Waals surface area contributed by atoms with Crippen LogP contribution < -0.4 is 5.32 Å². The highest BCUT2D eigenvalue weighted by Gasteiger charge is 2.08. The van der Waals surface area contributed by atoms with Gasteiger partial charge in [0, 0.05) is 12.7 Å². The highest BCUT2D eigenvalue weighted by Crippen LogP contribution is 2.13. The van der Waals surface area contributed by atoms with Gasteiger partial charge >= 0.3 is 0 Å². The maximum Gasteiger partial charge on any atom is 0.0785 e. The lowest BCUT2D eigenvalue weighted by Gasteiger charge is -2.15. The highest BCUT2D eigenvalue weighted by atomic mass is 35.5. The zero-order valence-corrected chi connectivity index (χ0v) is 9.59. The lowest BCUT2D eigenvalue weighted by molar-refractivity contribution is 0.412. The summed E-state index contributed by atoms with van der Waals surface area (Å²) in [6.07, 6.45) is 5.79. The first-order valence-electron chi connectivity index (χ1n) is 5.18. The number of nitrogens with zero attached hydrogens (tertiary/aromatic N) is 2. The molecular weight excluding hydrogens is 198 g/mol. The van der Waals surface area contributed by atoms with E-state index < -0.39 is 0 Å². The van der Waals surface area contributed by atoms with Gasteiger partial charge in [0.25, 0.3) is 0 Å². The summed E-state index contributed by atoms with van der Waals surface area (Å²) in [6, 6.07) is 0.411. The van der Waals surface area contributed by atoms with Gasteiger partial charge in [0.1, 0.15) is 0 Å². The minimum Gasteiger partial charge on any atom is -0.315 e. The molecule has 1 aromatic heterocycles. The van der Waals surface area contributed by atoms with E-state index in [9.17, 15) is 0 Å². The molecule has 0 aliphatic rings. The van der Waals surface area contributed by atoms with Gasteiger partial charge in [-0.3, -0.25) is 4.68 Å². The van der Waals surface area contributed by atoms with Crippen LogP contribution in [0.25, 0.3) is 0 Å². The summed E-state index contributed by atoms with van der Waals surface area (Å²) >= 11 is 5.82. The molecule has 0 bridgehead atoms. The molecule has 0 radical (unpaired) electrons. The molecule has 4 heteroatoms. The Balaban J connectivity index is 2.45. The maximum absolute atomic E-state index is 5.82. The summed E-state index contributed by atoms with van der Waals surface area (Å²) < 4.78 is 1.94. The average molecular weight is 216 g/mol. The van der Waals surface area contributed by atoms with E-state index in [2.05, 4.69) is 24.3 Å². The lowest BCUT2D eigenvalue weighted by Crippen LogP contribution is -2.25. The number of halogens is 1. The molecule has 0 aliphatic carbocycles. The van der Waals surface area contributed by atoms with Crippen LogP contribution in [-0.4, -0.2) is 22.9 Å². The third-order valence-corrected chi connectivity index (χ3v) is 2.42. The predicted molar refractivity (Wildman–Crippen MR) is 59.7 cm³/mol. The molecule has 1 unspecified atom stereocenters. The summed E-state index contributed by atoms with van der Waals surface area (Å²) in [5.41, 5.74) is 0. The largest absolute Gasteiger partial charge is 0.315 e. The molecule has 0 aliphatic heterocycles. The second-order valence-electron chi connectivity index (χ2n) is 3.40. The molecule has 0 saturated heterocycles. The SMILES string of the molecule is CCCNCC(CC)n1cc(Cl)cn1. The first-order valence-corrected chi connectivity index (χ1v) is 5.56. The fraction of sp³-hybridized carbons (Fsp3) is 0.700. The Kier molecular flexibility index (Phi) is 4.98. The Labute approximate surface area is 90.4 Å². The number of nitrogens with one attached hydrogen (secondary N) is 1. The number of hydrogen-bond acceptors (Lipinski definition) is 2. The summed E-state index contributed by atoms with van der Waals surface area (Å²) in [5.74, 6) is 0. The Hall–Kier alpha value is -0.540. The molecule has 0 aromatic carbocycles. The van der Waals surface area contributed by atoms with Crippen molar-refractivity contribution >= 4 is 11.6 Å². The van der Waals surface area contributed by atoms with Gasteiger partial charge in [0.2, 0.25) is 0 Å². The zero-order valence-electron chi connectivity index (χ0n) is 8.83. The van der Waals surface area contributed by atoms with Crippen LogP contribution in [0.3, 0.4) is 0 Å². The Bertz CT molecular complexity index is 260. The summed E-state index contributed by atoms with van der Waals surface area (Å²) in [4.78, 5) is 0. The van der Waals surface area contributed by atoms with Crippen LogP contribution in [-0.2, 0) is 0 Å². The van der Waals surface area contributed by atoms with Gasteiger partial charge in [-0.25, -0.2) is 0 Å². The monoisotopic (exact) mass is 215 g/mol. The fourth-order valence-electron chi connectivity index (χ4n) is 1.38. The summed E-state index contributed by atoms with van der Waals surface area (Å²) in [7, 11) is 0. The standard InChI is InChI=1S/C10H18ClN3/c1-3-5-12-7-10(4-2)14-8-9(11)6-13-14/h6,8,10,12H,3-5,7H2,1-2H3. The van der Waals surface area contributed by atoms with Gasteiger partial charge in [0.15, 0.2) is 0 Å². The molecule has 80 valence electrons. The molecule has 0 saturated carbocycles. The van der Waals surface area contributed by atoms with E-state index in [-0.39, 0.29) is 0 Å². The molecule has 1 atom stereocenters. The van der Waals surface area contributed by atoms with Crippen molar-refractivity contribution in [1.29, 1.82) is 0 Å².